The van der Waals surface area contributed by atoms with Gasteiger partial charge in [0, 0.05) is 12.1 Å². The Balaban J connectivity index is 2.04. The molecule has 2 aromatic rings. The van der Waals surface area contributed by atoms with E-state index in [1.54, 1.807) is 0 Å². The lowest BCUT2D eigenvalue weighted by Crippen LogP contribution is -2.46. The highest BCUT2D eigenvalue weighted by Crippen LogP contribution is 2.56. The number of likely N-dealkylation sites (tertiary alicyclic amines) is 1. The Labute approximate surface area is 155 Å². The number of allylic oxidation sites excluding steroid dienone is 1. The lowest BCUT2D eigenvalue weighted by atomic mass is 9.76. The second kappa shape index (κ2) is 6.49. The van der Waals surface area contributed by atoms with Crippen LogP contribution >= 0.6 is 0 Å². The molecule has 3 atom stereocenters. The van der Waals surface area contributed by atoms with Crippen molar-refractivity contribution in [2.45, 2.75) is 31.4 Å². The van der Waals surface area contributed by atoms with Crippen LogP contribution < -0.4 is 0 Å². The van der Waals surface area contributed by atoms with Crippen molar-refractivity contribution in [2.75, 3.05) is 13.6 Å². The van der Waals surface area contributed by atoms with E-state index in [0.29, 0.717) is 6.54 Å². The van der Waals surface area contributed by atoms with Crippen molar-refractivity contribution >= 4 is 16.9 Å². The van der Waals surface area contributed by atoms with Crippen molar-refractivity contribution in [1.82, 2.24) is 4.90 Å². The lowest BCUT2D eigenvalue weighted by Gasteiger charge is -2.38. The molecule has 1 aliphatic carbocycles. The molecular weight excluding hydrogens is 322 g/mol. The largest absolute Gasteiger partial charge is 0.391 e. The molecule has 0 spiro atoms. The van der Waals surface area contributed by atoms with Gasteiger partial charge in [-0.1, -0.05) is 74.0 Å². The first kappa shape index (κ1) is 17.2. The maximum atomic E-state index is 13.6. The highest BCUT2D eigenvalue weighted by Gasteiger charge is 2.62. The van der Waals surface area contributed by atoms with Gasteiger partial charge >= 0.3 is 0 Å². The van der Waals surface area contributed by atoms with Crippen LogP contribution in [-0.4, -0.2) is 41.0 Å². The topological polar surface area (TPSA) is 40.5 Å². The summed E-state index contributed by atoms with van der Waals surface area (Å²) in [6.07, 6.45) is 1.19. The molecule has 1 unspecified atom stereocenters. The summed E-state index contributed by atoms with van der Waals surface area (Å²) in [5.41, 5.74) is 3.46. The number of likely N-dealkylation sites (N-methyl/N-ethyl adjacent to an activating group) is 1. The summed E-state index contributed by atoms with van der Waals surface area (Å²) in [7, 11) is 2.04. The van der Waals surface area contributed by atoms with E-state index in [2.05, 4.69) is 24.0 Å². The minimum Gasteiger partial charge on any atom is -0.391 e. The minimum absolute atomic E-state index is 0.0837. The molecule has 1 fully saturated rings. The quantitative estimate of drug-likeness (QED) is 0.918. The van der Waals surface area contributed by atoms with E-state index in [1.165, 1.54) is 0 Å². The number of benzene rings is 2. The first-order valence-corrected chi connectivity index (χ1v) is 9.40. The fourth-order valence-electron chi connectivity index (χ4n) is 5.08. The normalized spacial score (nSPS) is 28.7. The summed E-state index contributed by atoms with van der Waals surface area (Å²) in [4.78, 5) is 15.8. The van der Waals surface area contributed by atoms with Crippen LogP contribution in [0.4, 0.5) is 0 Å². The van der Waals surface area contributed by atoms with Crippen molar-refractivity contribution in [3.8, 4) is 0 Å². The molecule has 1 heterocycles. The third-order valence-corrected chi connectivity index (χ3v) is 6.01. The van der Waals surface area contributed by atoms with Gasteiger partial charge < -0.3 is 5.11 Å². The average molecular weight is 347 g/mol. The van der Waals surface area contributed by atoms with E-state index >= 15 is 0 Å². The van der Waals surface area contributed by atoms with E-state index in [1.807, 2.05) is 55.6 Å². The number of β-amino-alcohol motifs (C(OH)–C–C–N with tert-alkyl or cyclic N) is 1. The van der Waals surface area contributed by atoms with Crippen LogP contribution in [0, 0.1) is 5.92 Å². The number of hydrogen-bond acceptors (Lipinski definition) is 3. The van der Waals surface area contributed by atoms with Gasteiger partial charge in [-0.25, -0.2) is 0 Å². The number of hydrogen-bond donors (Lipinski definition) is 1. The Kier molecular flexibility index (Phi) is 4.29. The van der Waals surface area contributed by atoms with Gasteiger partial charge in [0.1, 0.15) is 0 Å². The second-order valence-corrected chi connectivity index (χ2v) is 7.45. The first-order chi connectivity index (χ1) is 12.6. The standard InChI is InChI=1S/C23H25NO2/c1-3-14-23-20(17-12-8-5-9-13-17)19(16-10-6-4-7-11-16)22(26)21(23)18(25)15-24(23)2/h4-13,18,21,25H,3,14-15H2,1-2H3/t18-,21?,23-/m0/s1. The molecule has 2 aromatic carbocycles. The Morgan fingerprint density at radius 2 is 1.62 bits per heavy atom. The molecule has 134 valence electrons. The monoisotopic (exact) mass is 347 g/mol. The number of Topliss-reactive ketones (excluding diaryl/α,β-unsaturated/α-hetero) is 1. The van der Waals surface area contributed by atoms with Crippen molar-refractivity contribution in [1.29, 1.82) is 0 Å². The van der Waals surface area contributed by atoms with Gasteiger partial charge in [0.05, 0.1) is 17.6 Å². The summed E-state index contributed by atoms with van der Waals surface area (Å²) >= 11 is 0. The van der Waals surface area contributed by atoms with Crippen LogP contribution in [0.1, 0.15) is 30.9 Å². The van der Waals surface area contributed by atoms with Crippen LogP contribution in [0.3, 0.4) is 0 Å². The van der Waals surface area contributed by atoms with Crippen molar-refractivity contribution in [3.05, 3.63) is 71.8 Å². The summed E-state index contributed by atoms with van der Waals surface area (Å²) in [5, 5.41) is 10.8. The van der Waals surface area contributed by atoms with E-state index in [-0.39, 0.29) is 5.78 Å². The third kappa shape index (κ3) is 2.31. The van der Waals surface area contributed by atoms with Crippen molar-refractivity contribution < 1.29 is 9.90 Å². The number of nitrogens with zero attached hydrogens (tertiary/aromatic N) is 1. The number of carbonyl (C=O) groups is 1. The fraction of sp³-hybridized carbons (Fsp3) is 0.348. The van der Waals surface area contributed by atoms with Crippen LogP contribution in [0.5, 0.6) is 0 Å². The Morgan fingerprint density at radius 3 is 2.19 bits per heavy atom. The summed E-state index contributed by atoms with van der Waals surface area (Å²) in [6.45, 7) is 2.69. The number of rotatable bonds is 4. The summed E-state index contributed by atoms with van der Waals surface area (Å²) in [5.74, 6) is -0.307. The maximum Gasteiger partial charge on any atom is 0.171 e. The molecular formula is C23H25NO2. The number of aliphatic hydroxyl groups is 1. The molecule has 0 bridgehead atoms. The van der Waals surface area contributed by atoms with Gasteiger partial charge in [0.15, 0.2) is 5.78 Å². The highest BCUT2D eigenvalue weighted by atomic mass is 16.3. The molecule has 0 amide bonds. The Morgan fingerprint density at radius 1 is 1.04 bits per heavy atom. The smallest absolute Gasteiger partial charge is 0.171 e. The number of fused-ring (bicyclic) bond motifs is 1. The Hall–Kier alpha value is -2.23. The third-order valence-electron chi connectivity index (χ3n) is 6.01. The van der Waals surface area contributed by atoms with E-state index in [4.69, 9.17) is 0 Å². The van der Waals surface area contributed by atoms with E-state index in [0.717, 1.165) is 35.1 Å². The van der Waals surface area contributed by atoms with Crippen LogP contribution in [0.25, 0.3) is 11.1 Å². The molecule has 3 nitrogen and oxygen atoms in total. The zero-order valence-electron chi connectivity index (χ0n) is 15.4. The zero-order valence-corrected chi connectivity index (χ0v) is 15.4. The molecule has 1 saturated heterocycles. The molecule has 3 heteroatoms. The van der Waals surface area contributed by atoms with E-state index in [9.17, 15) is 9.90 Å². The van der Waals surface area contributed by atoms with Crippen molar-refractivity contribution in [3.63, 3.8) is 0 Å². The van der Waals surface area contributed by atoms with Crippen LogP contribution in [0.15, 0.2) is 60.7 Å². The van der Waals surface area contributed by atoms with Gasteiger partial charge in [0.25, 0.3) is 0 Å². The molecule has 1 aliphatic heterocycles. The number of aliphatic hydroxyl groups excluding tert-OH is 1. The minimum atomic E-state index is -0.626. The fourth-order valence-corrected chi connectivity index (χ4v) is 5.08. The molecule has 0 aromatic heterocycles. The average Bonchev–Trinajstić information content (AvgIpc) is 3.06. The molecule has 26 heavy (non-hydrogen) atoms. The number of carbonyl (C=O) groups excluding carboxylic acids is 1. The Bertz CT molecular complexity index is 843. The van der Waals surface area contributed by atoms with Crippen LogP contribution in [-0.2, 0) is 4.79 Å². The zero-order chi connectivity index (χ0) is 18.3. The predicted octanol–water partition coefficient (Wildman–Crippen LogP) is 3.64. The first-order valence-electron chi connectivity index (χ1n) is 9.40. The summed E-state index contributed by atoms with van der Waals surface area (Å²) < 4.78 is 0. The number of ketones is 1. The lowest BCUT2D eigenvalue weighted by molar-refractivity contribution is -0.120. The molecule has 0 saturated carbocycles. The molecule has 1 N–H and O–H groups in total. The maximum absolute atomic E-state index is 13.6. The molecule has 2 aliphatic rings. The van der Waals surface area contributed by atoms with Gasteiger partial charge in [-0.2, -0.15) is 0 Å². The summed E-state index contributed by atoms with van der Waals surface area (Å²) in [6, 6.07) is 20.1. The highest BCUT2D eigenvalue weighted by molar-refractivity contribution is 6.34. The van der Waals surface area contributed by atoms with Gasteiger partial charge in [-0.15, -0.1) is 0 Å². The van der Waals surface area contributed by atoms with Crippen LogP contribution in [0.2, 0.25) is 0 Å². The van der Waals surface area contributed by atoms with Gasteiger partial charge in [-0.05, 0) is 30.2 Å². The molecule has 4 rings (SSSR count). The predicted molar refractivity (Wildman–Crippen MR) is 104 cm³/mol. The molecule has 0 radical (unpaired) electrons. The van der Waals surface area contributed by atoms with Crippen molar-refractivity contribution in [2.24, 2.45) is 5.92 Å². The van der Waals surface area contributed by atoms with Gasteiger partial charge in [0.2, 0.25) is 0 Å². The second-order valence-electron chi connectivity index (χ2n) is 7.45. The van der Waals surface area contributed by atoms with Gasteiger partial charge in [-0.3, -0.25) is 9.69 Å². The van der Waals surface area contributed by atoms with E-state index < -0.39 is 17.6 Å². The SMILES string of the molecule is CCC[C@]12C(c3ccccc3)=C(c3ccccc3)C(=O)C1[C@@H](O)CN2C.